The Balaban J connectivity index is 1.48. The quantitative estimate of drug-likeness (QED) is 0.503. The minimum absolute atomic E-state index is 0.0223. The molecule has 36 heavy (non-hydrogen) atoms. The molecular weight excluding hydrogens is 472 g/mol. The molecule has 192 valence electrons. The number of alkyl halides is 2. The first-order valence-electron chi connectivity index (χ1n) is 12.0. The molecule has 0 bridgehead atoms. The molecule has 0 radical (unpaired) electrons. The number of benzene rings is 1. The van der Waals surface area contributed by atoms with E-state index in [1.54, 1.807) is 42.3 Å². The first kappa shape index (κ1) is 24.3. The number of carbonyl (C=O) groups is 1. The Hall–Kier alpha value is -3.38. The Morgan fingerprint density at radius 2 is 2.00 bits per heavy atom. The molecule has 1 aromatic carbocycles. The van der Waals surface area contributed by atoms with E-state index in [1.807, 2.05) is 4.90 Å². The first-order valence-corrected chi connectivity index (χ1v) is 12.0. The number of hydrogen-bond acceptors (Lipinski definition) is 8. The van der Waals surface area contributed by atoms with Gasteiger partial charge in [0, 0.05) is 45.4 Å². The fourth-order valence-corrected chi connectivity index (χ4v) is 4.61. The summed E-state index contributed by atoms with van der Waals surface area (Å²) in [6, 6.07) is 8.64. The topological polar surface area (TPSA) is 97.6 Å². The molecule has 2 aliphatic rings. The number of fused-ring (bicyclic) bond motifs is 1. The summed E-state index contributed by atoms with van der Waals surface area (Å²) in [4.78, 5) is 29.7. The molecule has 0 unspecified atom stereocenters. The van der Waals surface area contributed by atoms with Crippen molar-refractivity contribution in [2.45, 2.75) is 25.3 Å². The van der Waals surface area contributed by atoms with Crippen LogP contribution >= 0.6 is 0 Å². The lowest BCUT2D eigenvalue weighted by atomic mass is 10.2. The molecule has 1 amide bonds. The highest BCUT2D eigenvalue weighted by molar-refractivity contribution is 5.78. The van der Waals surface area contributed by atoms with E-state index < -0.39 is 6.43 Å². The predicted octanol–water partition coefficient (Wildman–Crippen LogP) is 2.64. The van der Waals surface area contributed by atoms with Crippen LogP contribution < -0.4 is 10.2 Å². The largest absolute Gasteiger partial charge is 0.384 e. The van der Waals surface area contributed by atoms with Gasteiger partial charge >= 0.3 is 0 Å². The van der Waals surface area contributed by atoms with Crippen molar-refractivity contribution in [1.29, 1.82) is 0 Å². The van der Waals surface area contributed by atoms with Crippen LogP contribution in [0.15, 0.2) is 30.3 Å². The van der Waals surface area contributed by atoms with Crippen LogP contribution in [-0.4, -0.2) is 89.5 Å². The summed E-state index contributed by atoms with van der Waals surface area (Å²) in [6.45, 7) is 3.82. The molecule has 2 saturated heterocycles. The highest BCUT2D eigenvalue weighted by atomic mass is 19.3. The maximum atomic E-state index is 14.0. The average Bonchev–Trinajstić information content (AvgIpc) is 3.53. The minimum atomic E-state index is -2.78. The Morgan fingerprint density at radius 3 is 2.78 bits per heavy atom. The molecule has 5 rings (SSSR count). The number of nitrogens with zero attached hydrogens (tertiary/aromatic N) is 6. The number of para-hydroxylation sites is 2. The van der Waals surface area contributed by atoms with E-state index in [1.165, 1.54) is 4.57 Å². The highest BCUT2D eigenvalue weighted by Gasteiger charge is 2.28. The lowest BCUT2D eigenvalue weighted by Gasteiger charge is -2.28. The molecule has 2 aliphatic heterocycles. The molecular formula is C24H29F2N7O3. The van der Waals surface area contributed by atoms with Crippen LogP contribution in [-0.2, 0) is 14.3 Å². The lowest BCUT2D eigenvalue weighted by molar-refractivity contribution is -0.131. The van der Waals surface area contributed by atoms with Crippen LogP contribution in [0.4, 0.5) is 20.5 Å². The summed E-state index contributed by atoms with van der Waals surface area (Å²) in [6.07, 6.45) is -1.69. The van der Waals surface area contributed by atoms with Crippen molar-refractivity contribution in [1.82, 2.24) is 24.4 Å². The Labute approximate surface area is 207 Å². The number of morpholine rings is 1. The lowest BCUT2D eigenvalue weighted by Crippen LogP contribution is -2.37. The summed E-state index contributed by atoms with van der Waals surface area (Å²) in [7, 11) is 1.57. The van der Waals surface area contributed by atoms with Gasteiger partial charge in [0.05, 0.1) is 37.3 Å². The SMILES string of the molecule is COCCC(=O)N1CC[C@H](Nc2cc(-n3c(C(F)F)nc4ccccc43)nc(N3CCOCC3)n2)C1. The van der Waals surface area contributed by atoms with Crippen LogP contribution in [0, 0.1) is 0 Å². The number of amides is 1. The molecule has 2 fully saturated rings. The zero-order valence-corrected chi connectivity index (χ0v) is 20.1. The van der Waals surface area contributed by atoms with E-state index in [0.717, 1.165) is 6.42 Å². The Morgan fingerprint density at radius 1 is 1.19 bits per heavy atom. The minimum Gasteiger partial charge on any atom is -0.384 e. The summed E-state index contributed by atoms with van der Waals surface area (Å²) in [5.41, 5.74) is 1.01. The van der Waals surface area contributed by atoms with Crippen molar-refractivity contribution in [2.24, 2.45) is 0 Å². The van der Waals surface area contributed by atoms with Gasteiger partial charge in [0.15, 0.2) is 5.82 Å². The van der Waals surface area contributed by atoms with Crippen molar-refractivity contribution in [3.8, 4) is 5.82 Å². The first-order chi connectivity index (χ1) is 17.5. The van der Waals surface area contributed by atoms with E-state index in [0.29, 0.717) is 81.0 Å². The molecule has 2 aromatic heterocycles. The van der Waals surface area contributed by atoms with Crippen molar-refractivity contribution in [3.05, 3.63) is 36.2 Å². The number of rotatable bonds is 8. The van der Waals surface area contributed by atoms with Crippen LogP contribution in [0.1, 0.15) is 25.1 Å². The molecule has 0 aliphatic carbocycles. The van der Waals surface area contributed by atoms with Gasteiger partial charge in [-0.1, -0.05) is 12.1 Å². The number of likely N-dealkylation sites (tertiary alicyclic amines) is 1. The predicted molar refractivity (Wildman–Crippen MR) is 130 cm³/mol. The molecule has 0 saturated carbocycles. The van der Waals surface area contributed by atoms with Gasteiger partial charge in [-0.3, -0.25) is 9.36 Å². The Bertz CT molecular complexity index is 1220. The second-order valence-electron chi connectivity index (χ2n) is 8.82. The van der Waals surface area contributed by atoms with E-state index in [-0.39, 0.29) is 17.8 Å². The third kappa shape index (κ3) is 5.09. The van der Waals surface area contributed by atoms with Crippen LogP contribution in [0.25, 0.3) is 16.9 Å². The van der Waals surface area contributed by atoms with Gasteiger partial charge in [-0.25, -0.2) is 13.8 Å². The standard InChI is InChI=1S/C24H29F2N7O3/c1-35-11-7-21(34)32-8-6-16(15-32)27-19-14-20(30-24(29-19)31-9-12-36-13-10-31)33-18-5-3-2-4-17(18)28-23(33)22(25)26/h2-5,14,16,22H,6-13,15H2,1H3,(H,27,29,30)/t16-/m0/s1. The molecule has 12 heteroatoms. The second-order valence-corrected chi connectivity index (χ2v) is 8.82. The van der Waals surface area contributed by atoms with Gasteiger partial charge < -0.3 is 24.6 Å². The van der Waals surface area contributed by atoms with E-state index in [4.69, 9.17) is 14.5 Å². The average molecular weight is 502 g/mol. The number of hydrogen-bond donors (Lipinski definition) is 1. The fourth-order valence-electron chi connectivity index (χ4n) is 4.61. The number of ether oxygens (including phenoxy) is 2. The third-order valence-corrected chi connectivity index (χ3v) is 6.42. The van der Waals surface area contributed by atoms with Gasteiger partial charge in [0.25, 0.3) is 6.43 Å². The fraction of sp³-hybridized carbons (Fsp3) is 0.500. The van der Waals surface area contributed by atoms with E-state index in [2.05, 4.69) is 15.3 Å². The number of aromatic nitrogens is 4. The zero-order chi connectivity index (χ0) is 25.1. The Kier molecular flexibility index (Phi) is 7.23. The van der Waals surface area contributed by atoms with Gasteiger partial charge in [-0.05, 0) is 18.6 Å². The normalized spacial score (nSPS) is 18.4. The summed E-state index contributed by atoms with van der Waals surface area (Å²) in [5.74, 6) is 0.927. The van der Waals surface area contributed by atoms with Crippen LogP contribution in [0.3, 0.4) is 0 Å². The molecule has 0 spiro atoms. The molecule has 1 atom stereocenters. The third-order valence-electron chi connectivity index (χ3n) is 6.42. The van der Waals surface area contributed by atoms with Crippen molar-refractivity contribution in [2.75, 3.05) is 63.3 Å². The van der Waals surface area contributed by atoms with E-state index >= 15 is 0 Å². The maximum Gasteiger partial charge on any atom is 0.296 e. The van der Waals surface area contributed by atoms with Crippen LogP contribution in [0.5, 0.6) is 0 Å². The zero-order valence-electron chi connectivity index (χ0n) is 20.1. The van der Waals surface area contributed by atoms with Gasteiger partial charge in [0.2, 0.25) is 11.9 Å². The molecule has 10 nitrogen and oxygen atoms in total. The molecule has 1 N–H and O–H groups in total. The number of methoxy groups -OCH3 is 1. The summed E-state index contributed by atoms with van der Waals surface area (Å²) >= 11 is 0. The summed E-state index contributed by atoms with van der Waals surface area (Å²) < 4.78 is 39.9. The molecule has 3 aromatic rings. The number of nitrogens with one attached hydrogen (secondary N) is 1. The monoisotopic (exact) mass is 501 g/mol. The number of carbonyl (C=O) groups excluding carboxylic acids is 1. The van der Waals surface area contributed by atoms with Gasteiger partial charge in [-0.2, -0.15) is 9.97 Å². The summed E-state index contributed by atoms with van der Waals surface area (Å²) in [5, 5.41) is 3.40. The smallest absolute Gasteiger partial charge is 0.296 e. The van der Waals surface area contributed by atoms with Crippen molar-refractivity contribution in [3.63, 3.8) is 0 Å². The maximum absolute atomic E-state index is 14.0. The van der Waals surface area contributed by atoms with Gasteiger partial charge in [0.1, 0.15) is 11.6 Å². The van der Waals surface area contributed by atoms with Crippen molar-refractivity contribution >= 4 is 28.7 Å². The second kappa shape index (κ2) is 10.7. The molecule has 4 heterocycles. The highest BCUT2D eigenvalue weighted by Crippen LogP contribution is 2.29. The van der Waals surface area contributed by atoms with Crippen LogP contribution in [0.2, 0.25) is 0 Å². The van der Waals surface area contributed by atoms with E-state index in [9.17, 15) is 13.6 Å². The number of halogens is 2. The van der Waals surface area contributed by atoms with Crippen molar-refractivity contribution < 1.29 is 23.0 Å². The van der Waals surface area contributed by atoms with Gasteiger partial charge in [-0.15, -0.1) is 0 Å². The number of imidazole rings is 1. The number of anilines is 2.